The zero-order valence-corrected chi connectivity index (χ0v) is 29.0. The van der Waals surface area contributed by atoms with Crippen LogP contribution in [0.25, 0.3) is 22.0 Å². The molecule has 4 aliphatic rings. The van der Waals surface area contributed by atoms with Gasteiger partial charge in [-0.25, -0.2) is 14.6 Å². The van der Waals surface area contributed by atoms with Crippen LogP contribution in [0.1, 0.15) is 57.4 Å². The van der Waals surface area contributed by atoms with Crippen molar-refractivity contribution in [3.05, 3.63) is 48.0 Å². The standard InChI is InChI=1S/C35H41N7O8S/c1-48-24-11-9-21(10-12-24)28-29(31-36-14-16-51-31)40-42(39-28)23-17-27-30(43)38-35(33(45)46)18-22(35)7-5-3-2-4-6-8-26(32(44)41(27)19-23)37-34(47)50-25-13-15-49-20-25/h5,7,9-12,14,16,22-23,25-27H,2-4,6,8,13,15,17-20H2,1H3,(H,37,47)(H,38,43)(H,45,46)/t22-,23-,25+,26-,27+,35+/m1/s1. The van der Waals surface area contributed by atoms with E-state index in [-0.39, 0.29) is 25.3 Å². The van der Waals surface area contributed by atoms with Crippen LogP contribution in [-0.4, -0.2) is 104 Å². The van der Waals surface area contributed by atoms with E-state index >= 15 is 0 Å². The molecule has 5 heterocycles. The highest BCUT2D eigenvalue weighted by Gasteiger charge is 2.61. The molecule has 6 atom stereocenters. The van der Waals surface area contributed by atoms with E-state index in [2.05, 4.69) is 15.6 Å². The summed E-state index contributed by atoms with van der Waals surface area (Å²) in [4.78, 5) is 61.5. The number of carbonyl (C=O) groups excluding carboxylic acids is 3. The van der Waals surface area contributed by atoms with Crippen LogP contribution in [0.3, 0.4) is 0 Å². The van der Waals surface area contributed by atoms with Crippen molar-refractivity contribution in [3.8, 4) is 27.7 Å². The summed E-state index contributed by atoms with van der Waals surface area (Å²) in [6.45, 7) is 0.837. The van der Waals surface area contributed by atoms with E-state index in [0.29, 0.717) is 54.6 Å². The lowest BCUT2D eigenvalue weighted by Gasteiger charge is -2.29. The number of amides is 3. The topological polar surface area (TPSA) is 187 Å². The Morgan fingerprint density at radius 2 is 1.94 bits per heavy atom. The van der Waals surface area contributed by atoms with Gasteiger partial charge in [0.15, 0.2) is 0 Å². The molecule has 3 aliphatic heterocycles. The van der Waals surface area contributed by atoms with Crippen LogP contribution in [0.15, 0.2) is 48.0 Å². The molecule has 0 bridgehead atoms. The molecule has 3 aromatic rings. The van der Waals surface area contributed by atoms with Crippen LogP contribution in [0, 0.1) is 5.92 Å². The molecular weight excluding hydrogens is 678 g/mol. The molecule has 0 radical (unpaired) electrons. The Balaban J connectivity index is 1.21. The van der Waals surface area contributed by atoms with E-state index in [1.807, 2.05) is 41.8 Å². The summed E-state index contributed by atoms with van der Waals surface area (Å²) >= 11 is 1.41. The summed E-state index contributed by atoms with van der Waals surface area (Å²) in [5, 5.41) is 28.0. The number of thiazole rings is 1. The van der Waals surface area contributed by atoms with E-state index in [9.17, 15) is 24.3 Å². The van der Waals surface area contributed by atoms with Crippen molar-refractivity contribution in [2.75, 3.05) is 26.9 Å². The maximum Gasteiger partial charge on any atom is 0.408 e. The minimum Gasteiger partial charge on any atom is -0.497 e. The monoisotopic (exact) mass is 719 g/mol. The quantitative estimate of drug-likeness (QED) is 0.303. The van der Waals surface area contributed by atoms with Gasteiger partial charge in [0.1, 0.15) is 45.9 Å². The van der Waals surface area contributed by atoms with Crippen molar-refractivity contribution in [2.45, 2.75) is 81.1 Å². The summed E-state index contributed by atoms with van der Waals surface area (Å²) < 4.78 is 16.2. The van der Waals surface area contributed by atoms with E-state index in [1.165, 1.54) is 21.0 Å². The number of fused-ring (bicyclic) bond motifs is 2. The molecule has 3 fully saturated rings. The van der Waals surface area contributed by atoms with Crippen molar-refractivity contribution in [1.29, 1.82) is 0 Å². The van der Waals surface area contributed by atoms with E-state index in [1.54, 1.807) is 13.3 Å². The Hall–Kier alpha value is -4.83. The number of nitrogens with one attached hydrogen (secondary N) is 2. The van der Waals surface area contributed by atoms with Crippen molar-refractivity contribution in [1.82, 2.24) is 35.5 Å². The average Bonchev–Trinajstić information content (AvgIpc) is 3.77. The molecule has 1 aromatic carbocycles. The van der Waals surface area contributed by atoms with Gasteiger partial charge in [-0.3, -0.25) is 9.59 Å². The fourth-order valence-electron chi connectivity index (χ4n) is 7.09. The second-order valence-corrected chi connectivity index (χ2v) is 14.3. The molecule has 1 saturated carbocycles. The number of carboxylic acid groups (broad SMARTS) is 1. The third-order valence-corrected chi connectivity index (χ3v) is 10.8. The molecule has 0 unspecified atom stereocenters. The molecule has 3 N–H and O–H groups in total. The Morgan fingerprint density at radius 3 is 2.67 bits per heavy atom. The molecule has 1 aliphatic carbocycles. The number of aromatic nitrogens is 4. The van der Waals surface area contributed by atoms with Crippen LogP contribution in [0.2, 0.25) is 0 Å². The van der Waals surface area contributed by atoms with E-state index < -0.39 is 53.6 Å². The summed E-state index contributed by atoms with van der Waals surface area (Å²) in [5.74, 6) is -1.82. The predicted octanol–water partition coefficient (Wildman–Crippen LogP) is 3.58. The Kier molecular flexibility index (Phi) is 10.0. The molecule has 51 heavy (non-hydrogen) atoms. The first-order valence-corrected chi connectivity index (χ1v) is 18.2. The first-order valence-electron chi connectivity index (χ1n) is 17.3. The van der Waals surface area contributed by atoms with Gasteiger partial charge in [-0.2, -0.15) is 9.90 Å². The minimum absolute atomic E-state index is 0.0536. The summed E-state index contributed by atoms with van der Waals surface area (Å²) in [6, 6.07) is 4.84. The Bertz CT molecular complexity index is 1770. The number of allylic oxidation sites excluding steroid dienone is 1. The molecular formula is C35H41N7O8S. The lowest BCUT2D eigenvalue weighted by molar-refractivity contribution is -0.145. The van der Waals surface area contributed by atoms with Gasteiger partial charge in [0.25, 0.3) is 0 Å². The van der Waals surface area contributed by atoms with E-state index in [0.717, 1.165) is 24.8 Å². The Morgan fingerprint density at radius 1 is 1.12 bits per heavy atom. The van der Waals surface area contributed by atoms with Crippen LogP contribution in [0.5, 0.6) is 5.75 Å². The summed E-state index contributed by atoms with van der Waals surface area (Å²) in [6.07, 6.45) is 8.70. The lowest BCUT2D eigenvalue weighted by atomic mass is 10.0. The second kappa shape index (κ2) is 14.8. The fraction of sp³-hybridized carbons (Fsp3) is 0.514. The van der Waals surface area contributed by atoms with Crippen LogP contribution in [0.4, 0.5) is 4.79 Å². The normalized spacial score (nSPS) is 28.2. The molecule has 7 rings (SSSR count). The van der Waals surface area contributed by atoms with Crippen molar-refractivity contribution >= 4 is 35.2 Å². The fourth-order valence-corrected chi connectivity index (χ4v) is 7.71. The Labute approximate surface area is 298 Å². The number of hydrogen-bond donors (Lipinski definition) is 3. The summed E-state index contributed by atoms with van der Waals surface area (Å²) in [7, 11) is 1.59. The van der Waals surface area contributed by atoms with E-state index in [4.69, 9.17) is 24.4 Å². The number of carbonyl (C=O) groups is 4. The zero-order valence-electron chi connectivity index (χ0n) is 28.2. The molecule has 2 aromatic heterocycles. The van der Waals surface area contributed by atoms with Gasteiger partial charge >= 0.3 is 12.1 Å². The SMILES string of the molecule is COc1ccc(-c2nn([C@@H]3C[C@H]4C(=O)N[C@@]5(C(=O)O)C[C@H]5C=CCCCCC[C@@H](NC(=O)O[C@H]5CCOC5)C(=O)N4C3)nc2-c2nccs2)cc1. The second-order valence-electron chi connectivity index (χ2n) is 13.4. The number of rotatable bonds is 7. The first kappa shape index (κ1) is 34.6. The van der Waals surface area contributed by atoms with Gasteiger partial charge in [0.05, 0.1) is 26.4 Å². The van der Waals surface area contributed by atoms with Gasteiger partial charge in [0.2, 0.25) is 11.8 Å². The van der Waals surface area contributed by atoms with Crippen molar-refractivity contribution in [2.24, 2.45) is 5.92 Å². The molecule has 0 spiro atoms. The van der Waals surface area contributed by atoms with Crippen LogP contribution >= 0.6 is 11.3 Å². The number of hydrogen-bond acceptors (Lipinski definition) is 11. The number of methoxy groups -OCH3 is 1. The number of alkyl carbamates (subject to hydrolysis) is 1. The summed E-state index contributed by atoms with van der Waals surface area (Å²) in [5.41, 5.74) is 0.449. The van der Waals surface area contributed by atoms with Gasteiger partial charge < -0.3 is 34.9 Å². The minimum atomic E-state index is -1.45. The smallest absolute Gasteiger partial charge is 0.408 e. The molecule has 3 amide bonds. The highest BCUT2D eigenvalue weighted by Crippen LogP contribution is 2.46. The van der Waals surface area contributed by atoms with Crippen LogP contribution in [-0.2, 0) is 23.9 Å². The average molecular weight is 720 g/mol. The largest absolute Gasteiger partial charge is 0.497 e. The van der Waals surface area contributed by atoms with Gasteiger partial charge in [-0.15, -0.1) is 16.4 Å². The number of ether oxygens (including phenoxy) is 3. The zero-order chi connectivity index (χ0) is 35.5. The van der Waals surface area contributed by atoms with Crippen molar-refractivity contribution < 1.29 is 38.5 Å². The molecule has 2 saturated heterocycles. The third-order valence-electron chi connectivity index (χ3n) is 10.0. The number of benzene rings is 1. The highest BCUT2D eigenvalue weighted by atomic mass is 32.1. The van der Waals surface area contributed by atoms with Gasteiger partial charge in [-0.05, 0) is 49.9 Å². The number of aliphatic carboxylic acids is 1. The third kappa shape index (κ3) is 7.33. The highest BCUT2D eigenvalue weighted by molar-refractivity contribution is 7.13. The molecule has 270 valence electrons. The molecule has 15 nitrogen and oxygen atoms in total. The van der Waals surface area contributed by atoms with Crippen molar-refractivity contribution in [3.63, 3.8) is 0 Å². The van der Waals surface area contributed by atoms with Gasteiger partial charge in [0, 0.05) is 42.4 Å². The maximum absolute atomic E-state index is 14.5. The first-order chi connectivity index (χ1) is 24.8. The number of carboxylic acids is 1. The van der Waals surface area contributed by atoms with Gasteiger partial charge in [-0.1, -0.05) is 25.0 Å². The lowest BCUT2D eigenvalue weighted by Crippen LogP contribution is -2.56. The van der Waals surface area contributed by atoms with Crippen LogP contribution < -0.4 is 15.4 Å². The number of nitrogens with zero attached hydrogens (tertiary/aromatic N) is 5. The maximum atomic E-state index is 14.5. The molecule has 16 heteroatoms. The predicted molar refractivity (Wildman–Crippen MR) is 184 cm³/mol.